The number of hydrogen-bond acceptors (Lipinski definition) is 4. The maximum atomic E-state index is 12.2. The van der Waals surface area contributed by atoms with Gasteiger partial charge in [0.25, 0.3) is 0 Å². The summed E-state index contributed by atoms with van der Waals surface area (Å²) in [6, 6.07) is -0.716. The topological polar surface area (TPSA) is 64.6 Å². The SMILES string of the molecule is CC(C)CCCOC(=O)C(NC(=O)OCC(C)C)C(C)(C)C. The van der Waals surface area contributed by atoms with Crippen LogP contribution in [0.3, 0.4) is 0 Å². The van der Waals surface area contributed by atoms with E-state index in [0.29, 0.717) is 19.1 Å². The molecular weight excluding hydrogens is 282 g/mol. The Bertz CT molecular complexity index is 345. The molecule has 0 aromatic carbocycles. The molecule has 0 spiro atoms. The second kappa shape index (κ2) is 9.70. The van der Waals surface area contributed by atoms with Crippen molar-refractivity contribution in [2.45, 2.75) is 67.3 Å². The molecule has 0 bridgehead atoms. The average Bonchev–Trinajstić information content (AvgIpc) is 2.36. The molecule has 0 aromatic rings. The second-order valence-corrected chi connectivity index (χ2v) is 7.64. The summed E-state index contributed by atoms with van der Waals surface area (Å²) in [5.41, 5.74) is -0.439. The minimum Gasteiger partial charge on any atom is -0.464 e. The van der Waals surface area contributed by atoms with E-state index in [1.54, 1.807) is 0 Å². The highest BCUT2D eigenvalue weighted by molar-refractivity contribution is 5.82. The highest BCUT2D eigenvalue weighted by atomic mass is 16.6. The van der Waals surface area contributed by atoms with Gasteiger partial charge < -0.3 is 14.8 Å². The van der Waals surface area contributed by atoms with Crippen LogP contribution in [0.5, 0.6) is 0 Å². The molecule has 1 unspecified atom stereocenters. The Hall–Kier alpha value is -1.26. The lowest BCUT2D eigenvalue weighted by molar-refractivity contribution is -0.149. The van der Waals surface area contributed by atoms with Gasteiger partial charge in [-0.3, -0.25) is 0 Å². The van der Waals surface area contributed by atoms with Crippen LogP contribution < -0.4 is 5.32 Å². The van der Waals surface area contributed by atoms with Gasteiger partial charge in [-0.1, -0.05) is 48.5 Å². The zero-order chi connectivity index (χ0) is 17.3. The molecule has 0 saturated carbocycles. The van der Waals surface area contributed by atoms with Gasteiger partial charge in [0.1, 0.15) is 6.04 Å². The van der Waals surface area contributed by atoms with Crippen molar-refractivity contribution in [3.05, 3.63) is 0 Å². The lowest BCUT2D eigenvalue weighted by atomic mass is 9.87. The number of nitrogens with one attached hydrogen (secondary N) is 1. The molecule has 0 aliphatic carbocycles. The third kappa shape index (κ3) is 9.64. The van der Waals surface area contributed by atoms with Gasteiger partial charge in [0.2, 0.25) is 0 Å². The Morgan fingerprint density at radius 1 is 1.00 bits per heavy atom. The van der Waals surface area contributed by atoms with Gasteiger partial charge >= 0.3 is 12.1 Å². The van der Waals surface area contributed by atoms with Crippen molar-refractivity contribution in [3.8, 4) is 0 Å². The number of esters is 1. The molecule has 22 heavy (non-hydrogen) atoms. The Morgan fingerprint density at radius 2 is 1.59 bits per heavy atom. The molecule has 130 valence electrons. The van der Waals surface area contributed by atoms with Crippen LogP contribution in [0, 0.1) is 17.3 Å². The van der Waals surface area contributed by atoms with Crippen LogP contribution in [-0.4, -0.2) is 31.3 Å². The highest BCUT2D eigenvalue weighted by Crippen LogP contribution is 2.21. The predicted molar refractivity (Wildman–Crippen MR) is 87.6 cm³/mol. The molecule has 0 fully saturated rings. The fraction of sp³-hybridized carbons (Fsp3) is 0.882. The van der Waals surface area contributed by atoms with E-state index >= 15 is 0 Å². The number of rotatable bonds is 8. The van der Waals surface area contributed by atoms with Gasteiger partial charge in [0, 0.05) is 0 Å². The molecule has 0 rings (SSSR count). The van der Waals surface area contributed by atoms with Crippen LogP contribution in [0.4, 0.5) is 4.79 Å². The molecule has 1 amide bonds. The van der Waals surface area contributed by atoms with Gasteiger partial charge in [0.05, 0.1) is 13.2 Å². The molecule has 5 nitrogen and oxygen atoms in total. The zero-order valence-corrected chi connectivity index (χ0v) is 15.2. The van der Waals surface area contributed by atoms with Gasteiger partial charge in [0.15, 0.2) is 0 Å². The van der Waals surface area contributed by atoms with Crippen molar-refractivity contribution < 1.29 is 19.1 Å². The molecule has 0 radical (unpaired) electrons. The molecule has 0 heterocycles. The maximum Gasteiger partial charge on any atom is 0.407 e. The lowest BCUT2D eigenvalue weighted by Gasteiger charge is -2.29. The van der Waals surface area contributed by atoms with Gasteiger partial charge in [-0.05, 0) is 30.1 Å². The summed E-state index contributed by atoms with van der Waals surface area (Å²) >= 11 is 0. The normalized spacial score (nSPS) is 13.1. The molecule has 1 N–H and O–H groups in total. The minimum absolute atomic E-state index is 0.252. The van der Waals surface area contributed by atoms with Crippen LogP contribution in [0.25, 0.3) is 0 Å². The second-order valence-electron chi connectivity index (χ2n) is 7.64. The monoisotopic (exact) mass is 315 g/mol. The molecule has 0 aliphatic rings. The first-order valence-corrected chi connectivity index (χ1v) is 8.14. The maximum absolute atomic E-state index is 12.2. The van der Waals surface area contributed by atoms with Crippen molar-refractivity contribution in [2.75, 3.05) is 13.2 Å². The molecule has 0 saturated heterocycles. The van der Waals surface area contributed by atoms with Crippen LogP contribution >= 0.6 is 0 Å². The van der Waals surface area contributed by atoms with E-state index in [2.05, 4.69) is 19.2 Å². The molecule has 0 aliphatic heterocycles. The number of amides is 1. The van der Waals surface area contributed by atoms with Crippen LogP contribution in [0.2, 0.25) is 0 Å². The van der Waals surface area contributed by atoms with E-state index in [4.69, 9.17) is 9.47 Å². The fourth-order valence-corrected chi connectivity index (χ4v) is 1.78. The smallest absolute Gasteiger partial charge is 0.407 e. The average molecular weight is 315 g/mol. The van der Waals surface area contributed by atoms with E-state index in [1.807, 2.05) is 34.6 Å². The summed E-state index contributed by atoms with van der Waals surface area (Å²) in [5.74, 6) is 0.431. The molecule has 5 heteroatoms. The summed E-state index contributed by atoms with van der Waals surface area (Å²) in [6.07, 6.45) is 1.27. The molecule has 0 aromatic heterocycles. The summed E-state index contributed by atoms with van der Waals surface area (Å²) < 4.78 is 10.4. The number of alkyl carbamates (subject to hydrolysis) is 1. The van der Waals surface area contributed by atoms with Crippen molar-refractivity contribution in [1.82, 2.24) is 5.32 Å². The first-order valence-electron chi connectivity index (χ1n) is 8.14. The first-order chi connectivity index (χ1) is 10.0. The molecular formula is C17H33NO4. The Kier molecular flexibility index (Phi) is 9.14. The first kappa shape index (κ1) is 20.7. The van der Waals surface area contributed by atoms with Crippen molar-refractivity contribution in [3.63, 3.8) is 0 Å². The van der Waals surface area contributed by atoms with Crippen molar-refractivity contribution >= 4 is 12.1 Å². The summed E-state index contributed by atoms with van der Waals surface area (Å²) in [5, 5.41) is 2.63. The van der Waals surface area contributed by atoms with Crippen LogP contribution in [0.1, 0.15) is 61.3 Å². The van der Waals surface area contributed by atoms with Crippen molar-refractivity contribution in [2.24, 2.45) is 17.3 Å². The molecule has 1 atom stereocenters. The standard InChI is InChI=1S/C17H33NO4/c1-12(2)9-8-10-21-15(19)14(17(5,6)7)18-16(20)22-11-13(3)4/h12-14H,8-11H2,1-7H3,(H,18,20). The number of carbonyl (C=O) groups excluding carboxylic acids is 2. The quantitative estimate of drug-likeness (QED) is 0.547. The number of ether oxygens (including phenoxy) is 2. The minimum atomic E-state index is -0.716. The zero-order valence-electron chi connectivity index (χ0n) is 15.2. The predicted octanol–water partition coefficient (Wildman–Crippen LogP) is 3.76. The van der Waals surface area contributed by atoms with E-state index in [0.717, 1.165) is 12.8 Å². The van der Waals surface area contributed by atoms with Crippen molar-refractivity contribution in [1.29, 1.82) is 0 Å². The summed E-state index contributed by atoms with van der Waals surface area (Å²) in [4.78, 5) is 24.0. The van der Waals surface area contributed by atoms with Crippen LogP contribution in [-0.2, 0) is 14.3 Å². The Morgan fingerprint density at radius 3 is 2.05 bits per heavy atom. The number of hydrogen-bond donors (Lipinski definition) is 1. The van der Waals surface area contributed by atoms with Gasteiger partial charge in [-0.15, -0.1) is 0 Å². The Labute approximate surface area is 135 Å². The third-order valence-corrected chi connectivity index (χ3v) is 3.08. The summed E-state index contributed by atoms with van der Waals surface area (Å²) in [6.45, 7) is 14.5. The number of carbonyl (C=O) groups is 2. The van der Waals surface area contributed by atoms with E-state index < -0.39 is 23.5 Å². The highest BCUT2D eigenvalue weighted by Gasteiger charge is 2.34. The summed E-state index contributed by atoms with van der Waals surface area (Å²) in [7, 11) is 0. The third-order valence-electron chi connectivity index (χ3n) is 3.08. The fourth-order valence-electron chi connectivity index (χ4n) is 1.78. The van der Waals surface area contributed by atoms with E-state index in [9.17, 15) is 9.59 Å². The van der Waals surface area contributed by atoms with Crippen LogP contribution in [0.15, 0.2) is 0 Å². The van der Waals surface area contributed by atoms with E-state index in [-0.39, 0.29) is 5.92 Å². The van der Waals surface area contributed by atoms with E-state index in [1.165, 1.54) is 0 Å². The van der Waals surface area contributed by atoms with Gasteiger partial charge in [-0.2, -0.15) is 0 Å². The Balaban J connectivity index is 4.45. The van der Waals surface area contributed by atoms with Gasteiger partial charge in [-0.25, -0.2) is 9.59 Å². The lowest BCUT2D eigenvalue weighted by Crippen LogP contribution is -2.50. The largest absolute Gasteiger partial charge is 0.464 e.